The predicted octanol–water partition coefficient (Wildman–Crippen LogP) is 0.880. The van der Waals surface area contributed by atoms with Crippen molar-refractivity contribution in [1.29, 1.82) is 0 Å². The molecule has 4 aliphatic heterocycles. The van der Waals surface area contributed by atoms with E-state index in [1.165, 1.54) is 0 Å². The fourth-order valence-corrected chi connectivity index (χ4v) is 5.64. The minimum Gasteiger partial charge on any atom is -0.456 e. The van der Waals surface area contributed by atoms with E-state index in [1.807, 2.05) is 18.2 Å². The van der Waals surface area contributed by atoms with Crippen molar-refractivity contribution in [2.75, 3.05) is 32.8 Å². The van der Waals surface area contributed by atoms with Crippen molar-refractivity contribution in [3.8, 4) is 11.4 Å². The standard InChI is InChI=1S/C23H26N6O4/c1-14-18(13-33-21(14)31)28-9-6-23(22(28)32)4-7-27(8-5-23)12-19(30)15-2-3-17-16(10-15)11-29-20(17)24-25-26-29/h2-3,10,19,30H,4-9,11-13H2,1H3/t19-/m0/s1. The molecular formula is C23H26N6O4. The molecule has 0 unspecified atom stereocenters. The van der Waals surface area contributed by atoms with Crippen LogP contribution < -0.4 is 0 Å². The van der Waals surface area contributed by atoms with Gasteiger partial charge in [0.2, 0.25) is 5.91 Å². The number of piperidine rings is 1. The van der Waals surface area contributed by atoms with E-state index in [9.17, 15) is 14.7 Å². The van der Waals surface area contributed by atoms with Crippen molar-refractivity contribution in [3.63, 3.8) is 0 Å². The highest BCUT2D eigenvalue weighted by Gasteiger charge is 2.50. The molecular weight excluding hydrogens is 424 g/mol. The summed E-state index contributed by atoms with van der Waals surface area (Å²) in [5.41, 5.74) is 3.89. The number of amides is 1. The maximum Gasteiger partial charge on any atom is 0.336 e. The molecule has 4 aliphatic rings. The number of ether oxygens (including phenoxy) is 1. The second kappa shape index (κ2) is 7.46. The molecule has 10 heteroatoms. The van der Waals surface area contributed by atoms with Gasteiger partial charge in [0.25, 0.3) is 0 Å². The summed E-state index contributed by atoms with van der Waals surface area (Å²) >= 11 is 0. The number of aromatic nitrogens is 4. The Balaban J connectivity index is 1.09. The summed E-state index contributed by atoms with van der Waals surface area (Å²) < 4.78 is 6.87. The van der Waals surface area contributed by atoms with Gasteiger partial charge in [-0.05, 0) is 60.8 Å². The Morgan fingerprint density at radius 3 is 2.73 bits per heavy atom. The minimum atomic E-state index is -0.603. The average Bonchev–Trinajstić information content (AvgIpc) is 3.56. The first kappa shape index (κ1) is 20.5. The SMILES string of the molecule is CC1=C(N2CCC3(CCN(C[C@H](O)c4ccc5c(c4)Cn4nnnc4-5)CC3)C2=O)COC1=O. The Kier molecular flexibility index (Phi) is 4.63. The van der Waals surface area contributed by atoms with E-state index in [2.05, 4.69) is 20.4 Å². The third kappa shape index (κ3) is 3.19. The number of aliphatic hydroxyl groups excluding tert-OH is 1. The highest BCUT2D eigenvalue weighted by atomic mass is 16.5. The number of aliphatic hydroxyl groups is 1. The molecule has 5 heterocycles. The van der Waals surface area contributed by atoms with Crippen LogP contribution in [0.1, 0.15) is 43.4 Å². The molecule has 1 amide bonds. The van der Waals surface area contributed by atoms with Gasteiger partial charge in [0.05, 0.1) is 29.3 Å². The van der Waals surface area contributed by atoms with Crippen LogP contribution in [0.25, 0.3) is 11.4 Å². The number of carbonyl (C=O) groups is 2. The van der Waals surface area contributed by atoms with Crippen LogP contribution in [0.5, 0.6) is 0 Å². The zero-order valence-corrected chi connectivity index (χ0v) is 18.5. The number of fused-ring (bicyclic) bond motifs is 3. The highest BCUT2D eigenvalue weighted by molar-refractivity contribution is 5.94. The van der Waals surface area contributed by atoms with E-state index >= 15 is 0 Å². The smallest absolute Gasteiger partial charge is 0.336 e. The van der Waals surface area contributed by atoms with E-state index in [0.717, 1.165) is 60.6 Å². The number of likely N-dealkylation sites (tertiary alicyclic amines) is 2. The number of rotatable bonds is 4. The maximum absolute atomic E-state index is 13.3. The molecule has 1 aromatic heterocycles. The van der Waals surface area contributed by atoms with Crippen LogP contribution in [-0.4, -0.2) is 79.8 Å². The molecule has 1 N–H and O–H groups in total. The minimum absolute atomic E-state index is 0.120. The lowest BCUT2D eigenvalue weighted by atomic mass is 9.77. The van der Waals surface area contributed by atoms with E-state index in [-0.39, 0.29) is 23.9 Å². The average molecular weight is 450 g/mol. The lowest BCUT2D eigenvalue weighted by Gasteiger charge is -2.38. The molecule has 2 fully saturated rings. The van der Waals surface area contributed by atoms with Gasteiger partial charge in [-0.25, -0.2) is 9.48 Å². The predicted molar refractivity (Wildman–Crippen MR) is 115 cm³/mol. The van der Waals surface area contributed by atoms with Gasteiger partial charge in [-0.1, -0.05) is 18.2 Å². The fourth-order valence-electron chi connectivity index (χ4n) is 5.64. The molecule has 33 heavy (non-hydrogen) atoms. The van der Waals surface area contributed by atoms with Crippen molar-refractivity contribution in [2.24, 2.45) is 5.41 Å². The van der Waals surface area contributed by atoms with Crippen LogP contribution in [0, 0.1) is 5.41 Å². The summed E-state index contributed by atoms with van der Waals surface area (Å²) in [5.74, 6) is 0.559. The van der Waals surface area contributed by atoms with Crippen molar-refractivity contribution in [2.45, 2.75) is 38.8 Å². The quantitative estimate of drug-likeness (QED) is 0.583. The van der Waals surface area contributed by atoms with E-state index in [1.54, 1.807) is 16.5 Å². The van der Waals surface area contributed by atoms with Gasteiger partial charge in [0.15, 0.2) is 5.82 Å². The third-order valence-electron chi connectivity index (χ3n) is 7.77. The number of cyclic esters (lactones) is 1. The van der Waals surface area contributed by atoms with Crippen LogP contribution >= 0.6 is 0 Å². The van der Waals surface area contributed by atoms with Crippen LogP contribution in [0.4, 0.5) is 0 Å². The molecule has 0 saturated carbocycles. The first-order chi connectivity index (χ1) is 15.9. The molecule has 6 rings (SSSR count). The van der Waals surface area contributed by atoms with Gasteiger partial charge in [-0.2, -0.15) is 0 Å². The lowest BCUT2D eigenvalue weighted by molar-refractivity contribution is -0.138. The zero-order valence-electron chi connectivity index (χ0n) is 18.5. The molecule has 1 atom stereocenters. The van der Waals surface area contributed by atoms with E-state index in [4.69, 9.17) is 4.74 Å². The number of benzene rings is 1. The zero-order chi connectivity index (χ0) is 22.7. The third-order valence-corrected chi connectivity index (χ3v) is 7.77. The molecule has 0 radical (unpaired) electrons. The van der Waals surface area contributed by atoms with Gasteiger partial charge in [0.1, 0.15) is 6.61 Å². The summed E-state index contributed by atoms with van der Waals surface area (Å²) in [4.78, 5) is 29.0. The van der Waals surface area contributed by atoms with Crippen LogP contribution in [0.15, 0.2) is 29.5 Å². The van der Waals surface area contributed by atoms with Gasteiger partial charge in [-0.3, -0.25) is 4.79 Å². The van der Waals surface area contributed by atoms with Crippen molar-refractivity contribution < 1.29 is 19.4 Å². The molecule has 0 bridgehead atoms. The monoisotopic (exact) mass is 450 g/mol. The van der Waals surface area contributed by atoms with Crippen molar-refractivity contribution in [1.82, 2.24) is 30.0 Å². The number of tetrazole rings is 1. The lowest BCUT2D eigenvalue weighted by Crippen LogP contribution is -2.45. The van der Waals surface area contributed by atoms with Crippen molar-refractivity contribution in [3.05, 3.63) is 40.6 Å². The van der Waals surface area contributed by atoms with Gasteiger partial charge >= 0.3 is 5.97 Å². The molecule has 1 aromatic carbocycles. The molecule has 1 spiro atoms. The Morgan fingerprint density at radius 2 is 1.97 bits per heavy atom. The molecule has 2 saturated heterocycles. The van der Waals surface area contributed by atoms with Crippen LogP contribution in [-0.2, 0) is 20.9 Å². The number of nitrogens with zero attached hydrogens (tertiary/aromatic N) is 6. The van der Waals surface area contributed by atoms with E-state index in [0.29, 0.717) is 25.2 Å². The first-order valence-electron chi connectivity index (χ1n) is 11.4. The number of β-amino-alcohol motifs (C(OH)–C–C–N with tert-alkyl or cyclic N) is 1. The van der Waals surface area contributed by atoms with Crippen LogP contribution in [0.3, 0.4) is 0 Å². The maximum atomic E-state index is 13.3. The summed E-state index contributed by atoms with van der Waals surface area (Å²) in [5, 5.41) is 22.6. The molecule has 2 aromatic rings. The highest BCUT2D eigenvalue weighted by Crippen LogP contribution is 2.44. The Labute approximate surface area is 190 Å². The Morgan fingerprint density at radius 1 is 1.18 bits per heavy atom. The van der Waals surface area contributed by atoms with Gasteiger partial charge < -0.3 is 19.6 Å². The van der Waals surface area contributed by atoms with Crippen molar-refractivity contribution >= 4 is 11.9 Å². The normalized spacial score (nSPS) is 22.8. The summed E-state index contributed by atoms with van der Waals surface area (Å²) in [6, 6.07) is 5.95. The summed E-state index contributed by atoms with van der Waals surface area (Å²) in [7, 11) is 0. The number of hydrogen-bond acceptors (Lipinski definition) is 8. The molecule has 10 nitrogen and oxygen atoms in total. The van der Waals surface area contributed by atoms with Gasteiger partial charge in [-0.15, -0.1) is 5.10 Å². The molecule has 0 aliphatic carbocycles. The number of esters is 1. The van der Waals surface area contributed by atoms with E-state index < -0.39 is 6.10 Å². The van der Waals surface area contributed by atoms with Crippen LogP contribution in [0.2, 0.25) is 0 Å². The summed E-state index contributed by atoms with van der Waals surface area (Å²) in [6.45, 7) is 5.24. The number of hydrogen-bond donors (Lipinski definition) is 1. The fraction of sp³-hybridized carbons (Fsp3) is 0.522. The first-order valence-corrected chi connectivity index (χ1v) is 11.4. The Hall–Kier alpha value is -3.11. The molecule has 172 valence electrons. The largest absolute Gasteiger partial charge is 0.456 e. The summed E-state index contributed by atoms with van der Waals surface area (Å²) in [6.07, 6.45) is 1.73. The topological polar surface area (TPSA) is 114 Å². The Bertz CT molecular complexity index is 1180. The second-order valence-electron chi connectivity index (χ2n) is 9.53. The number of carbonyl (C=O) groups excluding carboxylic acids is 2. The van der Waals surface area contributed by atoms with Gasteiger partial charge in [0, 0.05) is 18.7 Å². The second-order valence-corrected chi connectivity index (χ2v) is 9.53.